The van der Waals surface area contributed by atoms with Gasteiger partial charge in [0, 0.05) is 31.2 Å². The first-order chi connectivity index (χ1) is 14.1. The molecule has 1 aliphatic heterocycles. The molecule has 9 heteroatoms. The molecule has 2 fully saturated rings. The second-order valence-corrected chi connectivity index (χ2v) is 8.49. The fourth-order valence-corrected chi connectivity index (χ4v) is 4.07. The van der Waals surface area contributed by atoms with Crippen LogP contribution >= 0.6 is 11.3 Å². The molecule has 29 heavy (non-hydrogen) atoms. The number of likely N-dealkylation sites (tertiary alicyclic amines) is 1. The maximum atomic E-state index is 12.7. The van der Waals surface area contributed by atoms with E-state index >= 15 is 0 Å². The van der Waals surface area contributed by atoms with Crippen molar-refractivity contribution in [2.45, 2.75) is 38.1 Å². The molecule has 1 saturated heterocycles. The zero-order chi connectivity index (χ0) is 20.2. The van der Waals surface area contributed by atoms with Gasteiger partial charge in [-0.25, -0.2) is 0 Å². The van der Waals surface area contributed by atoms with Crippen LogP contribution in [0.5, 0.6) is 0 Å². The van der Waals surface area contributed by atoms with Gasteiger partial charge in [-0.1, -0.05) is 29.5 Å². The minimum absolute atomic E-state index is 0.121. The molecule has 4 rings (SSSR count). The van der Waals surface area contributed by atoms with E-state index in [4.69, 9.17) is 0 Å². The second kappa shape index (κ2) is 8.69. The molecule has 1 aromatic heterocycles. The van der Waals surface area contributed by atoms with E-state index in [-0.39, 0.29) is 27.7 Å². The van der Waals surface area contributed by atoms with Gasteiger partial charge in [0.2, 0.25) is 15.9 Å². The fraction of sp³-hybridized carbons (Fsp3) is 0.450. The van der Waals surface area contributed by atoms with E-state index in [1.165, 1.54) is 0 Å². The third-order valence-corrected chi connectivity index (χ3v) is 6.06. The Hall–Kier alpha value is -2.81. The summed E-state index contributed by atoms with van der Waals surface area (Å²) >= 11 is 0.998. The predicted octanol–water partition coefficient (Wildman–Crippen LogP) is 2.31. The van der Waals surface area contributed by atoms with Crippen molar-refractivity contribution >= 4 is 34.7 Å². The van der Waals surface area contributed by atoms with Crippen molar-refractivity contribution in [3.05, 3.63) is 40.3 Å². The molecule has 8 nitrogen and oxygen atoms in total. The minimum Gasteiger partial charge on any atom is -0.353 e. The van der Waals surface area contributed by atoms with Crippen LogP contribution in [0.1, 0.15) is 51.7 Å². The SMILES string of the molecule is O=C(CC1CCN(C(=O)c2nnc(C(=O)Nc3ccccc3)s2)CC1)NC1CC1. The van der Waals surface area contributed by atoms with Crippen LogP contribution in [0, 0.1) is 5.92 Å². The monoisotopic (exact) mass is 413 g/mol. The predicted molar refractivity (Wildman–Crippen MR) is 109 cm³/mol. The fourth-order valence-electron chi connectivity index (χ4n) is 3.36. The van der Waals surface area contributed by atoms with Crippen molar-refractivity contribution in [2.24, 2.45) is 5.92 Å². The number of amides is 3. The van der Waals surface area contributed by atoms with Gasteiger partial charge in [-0.05, 0) is 43.7 Å². The van der Waals surface area contributed by atoms with Crippen LogP contribution in [-0.2, 0) is 4.79 Å². The van der Waals surface area contributed by atoms with Crippen LogP contribution in [0.15, 0.2) is 30.3 Å². The molecule has 1 saturated carbocycles. The van der Waals surface area contributed by atoms with Crippen molar-refractivity contribution in [3.8, 4) is 0 Å². The number of hydrogen-bond acceptors (Lipinski definition) is 6. The third kappa shape index (κ3) is 5.17. The highest BCUT2D eigenvalue weighted by Gasteiger charge is 2.29. The number of rotatable bonds is 6. The first-order valence-electron chi connectivity index (χ1n) is 9.87. The third-order valence-electron chi connectivity index (χ3n) is 5.15. The van der Waals surface area contributed by atoms with E-state index in [1.54, 1.807) is 17.0 Å². The van der Waals surface area contributed by atoms with Gasteiger partial charge in [-0.15, -0.1) is 10.2 Å². The van der Waals surface area contributed by atoms with E-state index in [1.807, 2.05) is 18.2 Å². The summed E-state index contributed by atoms with van der Waals surface area (Å²) in [6.07, 6.45) is 4.30. The van der Waals surface area contributed by atoms with Crippen LogP contribution in [-0.4, -0.2) is 52.0 Å². The largest absolute Gasteiger partial charge is 0.353 e. The molecule has 0 spiro atoms. The zero-order valence-electron chi connectivity index (χ0n) is 16.0. The summed E-state index contributed by atoms with van der Waals surface area (Å²) in [5, 5.41) is 13.9. The number of carbonyl (C=O) groups is 3. The van der Waals surface area contributed by atoms with Gasteiger partial charge in [-0.2, -0.15) is 0 Å². The Morgan fingerprint density at radius 2 is 1.69 bits per heavy atom. The van der Waals surface area contributed by atoms with Crippen LogP contribution in [0.25, 0.3) is 0 Å². The van der Waals surface area contributed by atoms with E-state index in [0.717, 1.165) is 37.0 Å². The molecular weight excluding hydrogens is 390 g/mol. The highest BCUT2D eigenvalue weighted by atomic mass is 32.1. The van der Waals surface area contributed by atoms with Crippen molar-refractivity contribution in [1.29, 1.82) is 0 Å². The molecule has 1 aromatic carbocycles. The first kappa shape index (κ1) is 19.5. The Kier molecular flexibility index (Phi) is 5.84. The van der Waals surface area contributed by atoms with Crippen LogP contribution in [0.4, 0.5) is 5.69 Å². The van der Waals surface area contributed by atoms with E-state index in [9.17, 15) is 14.4 Å². The summed E-state index contributed by atoms with van der Waals surface area (Å²) in [7, 11) is 0. The summed E-state index contributed by atoms with van der Waals surface area (Å²) < 4.78 is 0. The molecule has 152 valence electrons. The molecule has 0 radical (unpaired) electrons. The summed E-state index contributed by atoms with van der Waals surface area (Å²) in [6.45, 7) is 1.18. The Labute approximate surface area is 172 Å². The number of benzene rings is 1. The van der Waals surface area contributed by atoms with E-state index in [2.05, 4.69) is 20.8 Å². The zero-order valence-corrected chi connectivity index (χ0v) is 16.8. The van der Waals surface area contributed by atoms with Gasteiger partial charge in [0.1, 0.15) is 0 Å². The highest BCUT2D eigenvalue weighted by Crippen LogP contribution is 2.24. The number of nitrogens with one attached hydrogen (secondary N) is 2. The lowest BCUT2D eigenvalue weighted by molar-refractivity contribution is -0.122. The molecule has 0 atom stereocenters. The maximum absolute atomic E-state index is 12.7. The standard InChI is InChI=1S/C20H23N5O3S/c26-16(21-15-6-7-15)12-13-8-10-25(11-9-13)20(28)19-24-23-18(29-19)17(27)22-14-4-2-1-3-5-14/h1-5,13,15H,6-12H2,(H,21,26)(H,22,27). The minimum atomic E-state index is -0.381. The molecule has 0 bridgehead atoms. The van der Waals surface area contributed by atoms with Gasteiger partial charge in [0.15, 0.2) is 0 Å². The number of anilines is 1. The summed E-state index contributed by atoms with van der Waals surface area (Å²) in [5.74, 6) is -0.162. The quantitative estimate of drug-likeness (QED) is 0.756. The topological polar surface area (TPSA) is 104 Å². The molecule has 0 unspecified atom stereocenters. The lowest BCUT2D eigenvalue weighted by Crippen LogP contribution is -2.39. The summed E-state index contributed by atoms with van der Waals surface area (Å²) in [6, 6.07) is 9.45. The normalized spacial score (nSPS) is 17.0. The average molecular weight is 414 g/mol. The van der Waals surface area contributed by atoms with Gasteiger partial charge < -0.3 is 15.5 Å². The van der Waals surface area contributed by atoms with Gasteiger partial charge >= 0.3 is 0 Å². The number of hydrogen-bond donors (Lipinski definition) is 2. The number of para-hydroxylation sites is 1. The summed E-state index contributed by atoms with van der Waals surface area (Å²) in [5.41, 5.74) is 0.661. The number of aromatic nitrogens is 2. The van der Waals surface area contributed by atoms with Gasteiger partial charge in [0.25, 0.3) is 11.8 Å². The lowest BCUT2D eigenvalue weighted by Gasteiger charge is -2.31. The van der Waals surface area contributed by atoms with Crippen molar-refractivity contribution in [3.63, 3.8) is 0 Å². The van der Waals surface area contributed by atoms with Gasteiger partial charge in [0.05, 0.1) is 0 Å². The van der Waals surface area contributed by atoms with Crippen LogP contribution < -0.4 is 10.6 Å². The Morgan fingerprint density at radius 1 is 1.00 bits per heavy atom. The van der Waals surface area contributed by atoms with Crippen molar-refractivity contribution in [1.82, 2.24) is 20.4 Å². The molecule has 3 amide bonds. The van der Waals surface area contributed by atoms with Crippen LogP contribution in [0.2, 0.25) is 0 Å². The number of nitrogens with zero attached hydrogens (tertiary/aromatic N) is 3. The average Bonchev–Trinajstić information content (AvgIpc) is 3.39. The van der Waals surface area contributed by atoms with Crippen molar-refractivity contribution in [2.75, 3.05) is 18.4 Å². The second-order valence-electron chi connectivity index (χ2n) is 7.51. The first-order valence-corrected chi connectivity index (χ1v) is 10.7. The lowest BCUT2D eigenvalue weighted by atomic mass is 9.93. The molecule has 1 aliphatic carbocycles. The Bertz CT molecular complexity index is 889. The Balaban J connectivity index is 1.28. The number of carbonyl (C=O) groups excluding carboxylic acids is 3. The van der Waals surface area contributed by atoms with Crippen molar-refractivity contribution < 1.29 is 14.4 Å². The smallest absolute Gasteiger partial charge is 0.286 e. The van der Waals surface area contributed by atoms with Crippen LogP contribution in [0.3, 0.4) is 0 Å². The molecule has 2 N–H and O–H groups in total. The molecule has 2 heterocycles. The molecular formula is C20H23N5O3S. The molecule has 2 aliphatic rings. The van der Waals surface area contributed by atoms with E-state index < -0.39 is 0 Å². The maximum Gasteiger partial charge on any atom is 0.286 e. The summed E-state index contributed by atoms with van der Waals surface area (Å²) in [4.78, 5) is 38.7. The highest BCUT2D eigenvalue weighted by molar-refractivity contribution is 7.15. The van der Waals surface area contributed by atoms with Gasteiger partial charge in [-0.3, -0.25) is 14.4 Å². The Morgan fingerprint density at radius 3 is 2.38 bits per heavy atom. The van der Waals surface area contributed by atoms with E-state index in [0.29, 0.717) is 37.2 Å². The number of piperidine rings is 1. The molecule has 2 aromatic rings.